The molecule has 0 amide bonds. The van der Waals surface area contributed by atoms with Gasteiger partial charge < -0.3 is 15.2 Å². The number of aliphatic carboxylic acids is 1. The lowest BCUT2D eigenvalue weighted by Gasteiger charge is -2.62. The minimum Gasteiger partial charge on any atom is -0.550 e. The van der Waals surface area contributed by atoms with E-state index >= 15 is 0 Å². The number of rotatable bonds is 6. The lowest BCUT2D eigenvalue weighted by atomic mass is 9.46. The van der Waals surface area contributed by atoms with Crippen molar-refractivity contribution >= 4 is 23.3 Å². The van der Waals surface area contributed by atoms with E-state index in [1.54, 1.807) is 18.3 Å². The van der Waals surface area contributed by atoms with Crippen LogP contribution in [0.25, 0.3) is 0 Å². The van der Waals surface area contributed by atoms with Gasteiger partial charge in [0.2, 0.25) is 0 Å². The number of aromatic nitrogens is 2. The number of nitrogens with zero attached hydrogens (tertiary/aromatic N) is 2. The van der Waals surface area contributed by atoms with Crippen LogP contribution in [0.5, 0.6) is 0 Å². The zero-order chi connectivity index (χ0) is 21.8. The molecule has 8 heteroatoms. The molecule has 6 nitrogen and oxygen atoms in total. The van der Waals surface area contributed by atoms with Gasteiger partial charge in [-0.15, -0.1) is 0 Å². The van der Waals surface area contributed by atoms with Crippen LogP contribution in [0.15, 0.2) is 35.3 Å². The predicted molar refractivity (Wildman–Crippen MR) is 112 cm³/mol. The molecule has 0 saturated heterocycles. The minimum absolute atomic E-state index is 0.0432. The molecule has 4 fully saturated rings. The van der Waals surface area contributed by atoms with Gasteiger partial charge in [0.05, 0.1) is 17.4 Å². The van der Waals surface area contributed by atoms with Crippen LogP contribution in [0.4, 0.5) is 10.1 Å². The Labute approximate surface area is 184 Å². The van der Waals surface area contributed by atoms with E-state index in [4.69, 9.17) is 11.6 Å². The van der Waals surface area contributed by atoms with Crippen molar-refractivity contribution in [1.82, 2.24) is 9.78 Å². The molecule has 4 atom stereocenters. The maximum absolute atomic E-state index is 13.2. The van der Waals surface area contributed by atoms with Gasteiger partial charge in [0, 0.05) is 12.5 Å². The van der Waals surface area contributed by atoms with Crippen molar-refractivity contribution in [2.75, 3.05) is 5.32 Å². The smallest absolute Gasteiger partial charge is 0.288 e. The van der Waals surface area contributed by atoms with Gasteiger partial charge in [-0.2, -0.15) is 5.10 Å². The normalized spacial score (nSPS) is 31.0. The molecule has 2 aromatic rings. The fraction of sp³-hybridized carbons (Fsp3) is 0.522. The van der Waals surface area contributed by atoms with Gasteiger partial charge in [-0.25, -0.2) is 9.07 Å². The van der Waals surface area contributed by atoms with Crippen LogP contribution in [0, 0.1) is 23.1 Å². The molecule has 6 rings (SSSR count). The van der Waals surface area contributed by atoms with Crippen LogP contribution in [0.2, 0.25) is 5.02 Å². The molecule has 4 aliphatic rings. The number of carboxylic acid groups (broad SMARTS) is 1. The highest BCUT2D eigenvalue weighted by molar-refractivity contribution is 6.32. The van der Waals surface area contributed by atoms with Crippen LogP contribution in [0.1, 0.15) is 50.5 Å². The van der Waals surface area contributed by atoms with Crippen LogP contribution >= 0.6 is 11.6 Å². The number of carbonyl (C=O) groups is 1. The molecule has 1 N–H and O–H groups in total. The second-order valence-corrected chi connectivity index (χ2v) is 10.2. The predicted octanol–water partition coefficient (Wildman–Crippen LogP) is 3.08. The van der Waals surface area contributed by atoms with Gasteiger partial charge in [0.1, 0.15) is 10.8 Å². The average Bonchev–Trinajstić information content (AvgIpc) is 2.68. The molecule has 4 bridgehead atoms. The number of hydrogen-bond donors (Lipinski definition) is 1. The molecule has 0 radical (unpaired) electrons. The Kier molecular flexibility index (Phi) is 4.84. The fourth-order valence-corrected chi connectivity index (χ4v) is 7.05. The highest BCUT2D eigenvalue weighted by Crippen LogP contribution is 2.64. The van der Waals surface area contributed by atoms with E-state index in [0.29, 0.717) is 30.5 Å². The first-order valence-corrected chi connectivity index (χ1v) is 11.1. The van der Waals surface area contributed by atoms with Crippen molar-refractivity contribution in [3.63, 3.8) is 0 Å². The summed E-state index contributed by atoms with van der Waals surface area (Å²) in [5.74, 6) is -0.512. The topological polar surface area (TPSA) is 87.0 Å². The molecular weight excluding hydrogens is 421 g/mol. The van der Waals surface area contributed by atoms with Gasteiger partial charge in [0.25, 0.3) is 5.56 Å². The first-order valence-electron chi connectivity index (χ1n) is 10.7. The molecule has 4 saturated carbocycles. The molecule has 4 aliphatic carbocycles. The van der Waals surface area contributed by atoms with Crippen molar-refractivity contribution in [3.05, 3.63) is 57.2 Å². The van der Waals surface area contributed by atoms with Crippen molar-refractivity contribution in [2.24, 2.45) is 17.3 Å². The summed E-state index contributed by atoms with van der Waals surface area (Å²) in [7, 11) is 0. The standard InChI is InChI=1S/C23H25ClFN3O3/c24-20-18(26-11-14-1-3-17(25)4-2-14)12-27-28(21(20)31)23-8-15-5-16(9-23)7-22(6-15,13-23)10-19(29)30/h1-4,12,15-16,26H,5-11,13H2,(H,29,30)/p-1/t15-,16+,22?,23?. The molecule has 0 aliphatic heterocycles. The van der Waals surface area contributed by atoms with E-state index in [1.807, 2.05) is 0 Å². The summed E-state index contributed by atoms with van der Waals surface area (Å²) in [4.78, 5) is 24.7. The van der Waals surface area contributed by atoms with Crippen LogP contribution in [-0.4, -0.2) is 15.7 Å². The van der Waals surface area contributed by atoms with E-state index in [2.05, 4.69) is 10.4 Å². The molecule has 164 valence electrons. The number of carbonyl (C=O) groups excluding carboxylic acids is 1. The molecule has 1 aromatic carbocycles. The Morgan fingerprint density at radius 1 is 1.23 bits per heavy atom. The minimum atomic E-state index is -1.02. The quantitative estimate of drug-likeness (QED) is 0.739. The summed E-state index contributed by atoms with van der Waals surface area (Å²) in [5.41, 5.74) is 0.149. The second kappa shape index (κ2) is 7.33. The number of anilines is 1. The molecular formula is C23H24ClFN3O3-. The third-order valence-electron chi connectivity index (χ3n) is 7.44. The molecule has 0 spiro atoms. The SMILES string of the molecule is O=C([O-])CC12C[C@H]3C[C@@H](C1)CC(n1ncc(NCc4ccc(F)cc4)c(Cl)c1=O)(C3)C2. The average molecular weight is 445 g/mol. The van der Waals surface area contributed by atoms with Gasteiger partial charge in [0.15, 0.2) is 0 Å². The zero-order valence-electron chi connectivity index (χ0n) is 17.1. The maximum Gasteiger partial charge on any atom is 0.288 e. The highest BCUT2D eigenvalue weighted by Gasteiger charge is 2.59. The largest absolute Gasteiger partial charge is 0.550 e. The van der Waals surface area contributed by atoms with Gasteiger partial charge >= 0.3 is 0 Å². The number of halogens is 2. The third-order valence-corrected chi connectivity index (χ3v) is 7.80. The van der Waals surface area contributed by atoms with Crippen molar-refractivity contribution in [2.45, 2.75) is 57.0 Å². The van der Waals surface area contributed by atoms with E-state index in [9.17, 15) is 19.1 Å². The summed E-state index contributed by atoms with van der Waals surface area (Å²) in [6.07, 6.45) is 6.79. The van der Waals surface area contributed by atoms with E-state index in [-0.39, 0.29) is 28.2 Å². The number of benzene rings is 1. The fourth-order valence-electron chi connectivity index (χ4n) is 6.86. The van der Waals surface area contributed by atoms with Gasteiger partial charge in [-0.05, 0) is 79.9 Å². The molecule has 31 heavy (non-hydrogen) atoms. The van der Waals surface area contributed by atoms with Crippen LogP contribution in [0.3, 0.4) is 0 Å². The van der Waals surface area contributed by atoms with Crippen molar-refractivity contribution < 1.29 is 14.3 Å². The third kappa shape index (κ3) is 3.63. The number of carboxylic acids is 1. The highest BCUT2D eigenvalue weighted by atomic mass is 35.5. The molecule has 1 aromatic heterocycles. The summed E-state index contributed by atoms with van der Waals surface area (Å²) in [5, 5.41) is 19.1. The van der Waals surface area contributed by atoms with Gasteiger partial charge in [-0.1, -0.05) is 23.7 Å². The summed E-state index contributed by atoms with van der Waals surface area (Å²) >= 11 is 6.45. The molecule has 2 unspecified atom stereocenters. The lowest BCUT2D eigenvalue weighted by molar-refractivity contribution is -0.310. The van der Waals surface area contributed by atoms with Crippen molar-refractivity contribution in [1.29, 1.82) is 0 Å². The zero-order valence-corrected chi connectivity index (χ0v) is 17.8. The summed E-state index contributed by atoms with van der Waals surface area (Å²) in [6.45, 7) is 0.384. The van der Waals surface area contributed by atoms with E-state index < -0.39 is 11.5 Å². The summed E-state index contributed by atoms with van der Waals surface area (Å²) < 4.78 is 14.6. The van der Waals surface area contributed by atoms with E-state index in [0.717, 1.165) is 37.7 Å². The first-order chi connectivity index (χ1) is 14.8. The Hall–Kier alpha value is -2.41. The maximum atomic E-state index is 13.2. The first kappa shape index (κ1) is 20.5. The molecule has 1 heterocycles. The Morgan fingerprint density at radius 2 is 1.90 bits per heavy atom. The Bertz CT molecular complexity index is 1070. The Balaban J connectivity index is 1.43. The summed E-state index contributed by atoms with van der Waals surface area (Å²) in [6, 6.07) is 6.09. The lowest BCUT2D eigenvalue weighted by Crippen LogP contribution is -2.60. The van der Waals surface area contributed by atoms with Crippen molar-refractivity contribution in [3.8, 4) is 0 Å². The van der Waals surface area contributed by atoms with Crippen LogP contribution in [-0.2, 0) is 16.9 Å². The van der Waals surface area contributed by atoms with Crippen LogP contribution < -0.4 is 16.0 Å². The van der Waals surface area contributed by atoms with Gasteiger partial charge in [-0.3, -0.25) is 4.79 Å². The number of hydrogen-bond acceptors (Lipinski definition) is 5. The van der Waals surface area contributed by atoms with E-state index in [1.165, 1.54) is 16.8 Å². The monoisotopic (exact) mass is 444 g/mol. The Morgan fingerprint density at radius 3 is 2.55 bits per heavy atom. The second-order valence-electron chi connectivity index (χ2n) is 9.80. The number of nitrogens with one attached hydrogen (secondary N) is 1.